The number of piperazine rings is 1. The summed E-state index contributed by atoms with van der Waals surface area (Å²) in [5.74, 6) is -0.143. The molecule has 0 unspecified atom stereocenters. The van der Waals surface area contributed by atoms with Crippen LogP contribution in [0.4, 0.5) is 11.4 Å². The van der Waals surface area contributed by atoms with E-state index in [4.69, 9.17) is 4.84 Å². The van der Waals surface area contributed by atoms with Crippen molar-refractivity contribution in [3.05, 3.63) is 57.6 Å². The van der Waals surface area contributed by atoms with E-state index >= 15 is 0 Å². The molecule has 3 aromatic rings. The lowest BCUT2D eigenvalue weighted by Gasteiger charge is -2.31. The van der Waals surface area contributed by atoms with Gasteiger partial charge in [-0.3, -0.25) is 15.0 Å². The molecule has 1 fully saturated rings. The van der Waals surface area contributed by atoms with Crippen molar-refractivity contribution >= 4 is 33.7 Å². The number of aliphatic imine (C=N–C) groups is 1. The van der Waals surface area contributed by atoms with Crippen molar-refractivity contribution in [2.75, 3.05) is 46.4 Å². The molecule has 1 aromatic heterocycles. The summed E-state index contributed by atoms with van der Waals surface area (Å²) in [6, 6.07) is 8.97. The highest BCUT2D eigenvalue weighted by Gasteiger charge is 2.30. The van der Waals surface area contributed by atoms with Gasteiger partial charge in [0.1, 0.15) is 23.8 Å². The van der Waals surface area contributed by atoms with Gasteiger partial charge < -0.3 is 24.9 Å². The first-order chi connectivity index (χ1) is 16.4. The highest BCUT2D eigenvalue weighted by atomic mass is 16.6. The molecule has 0 amide bonds. The maximum atomic E-state index is 11.3. The fourth-order valence-electron chi connectivity index (χ4n) is 4.25. The topological polar surface area (TPSA) is 140 Å². The number of likely N-dealkylation sites (N-methyl/N-ethyl adjacent to an activating group) is 1. The molecular weight excluding hydrogens is 440 g/mol. The predicted octanol–water partition coefficient (Wildman–Crippen LogP) is 2.59. The van der Waals surface area contributed by atoms with Crippen molar-refractivity contribution in [1.82, 2.24) is 14.8 Å². The van der Waals surface area contributed by atoms with Gasteiger partial charge in [-0.25, -0.2) is 4.99 Å². The average Bonchev–Trinajstić information content (AvgIpc) is 3.33. The van der Waals surface area contributed by atoms with Gasteiger partial charge in [-0.1, -0.05) is 5.16 Å². The number of fused-ring (bicyclic) bond motifs is 2. The van der Waals surface area contributed by atoms with Crippen molar-refractivity contribution in [2.24, 2.45) is 10.1 Å². The van der Waals surface area contributed by atoms with Gasteiger partial charge in [0.15, 0.2) is 5.88 Å². The molecule has 0 radical (unpaired) electrons. The van der Waals surface area contributed by atoms with Gasteiger partial charge in [0.25, 0.3) is 5.69 Å². The van der Waals surface area contributed by atoms with E-state index in [1.807, 2.05) is 0 Å². The summed E-state index contributed by atoms with van der Waals surface area (Å²) >= 11 is 0. The van der Waals surface area contributed by atoms with Crippen molar-refractivity contribution in [3.8, 4) is 11.6 Å². The number of aromatic amines is 1. The number of oxime groups is 1. The summed E-state index contributed by atoms with van der Waals surface area (Å²) in [6.07, 6.45) is 0. The molecule has 176 valence electrons. The quantitative estimate of drug-likeness (QED) is 0.289. The molecule has 0 saturated carbocycles. The Kier molecular flexibility index (Phi) is 5.64. The number of hydrogen-bond donors (Lipinski definition) is 3. The number of aromatic nitrogens is 1. The maximum absolute atomic E-state index is 11.3. The lowest BCUT2D eigenvalue weighted by atomic mass is 10.0. The number of H-pyrrole nitrogens is 1. The van der Waals surface area contributed by atoms with Crippen LogP contribution in [0.3, 0.4) is 0 Å². The second-order valence-electron chi connectivity index (χ2n) is 8.42. The Bertz CT molecular complexity index is 1320. The number of nitrogens with zero attached hydrogens (tertiary/aromatic N) is 5. The number of phenols is 1. The first kappa shape index (κ1) is 21.9. The van der Waals surface area contributed by atoms with Gasteiger partial charge in [0.2, 0.25) is 0 Å². The molecule has 0 aliphatic carbocycles. The predicted molar refractivity (Wildman–Crippen MR) is 127 cm³/mol. The molecule has 3 N–H and O–H groups in total. The van der Waals surface area contributed by atoms with Gasteiger partial charge in [-0.05, 0) is 31.3 Å². The molecule has 2 aromatic carbocycles. The minimum atomic E-state index is -0.493. The molecule has 5 rings (SSSR count). The maximum Gasteiger partial charge on any atom is 0.270 e. The highest BCUT2D eigenvalue weighted by molar-refractivity contribution is 6.58. The van der Waals surface area contributed by atoms with E-state index < -0.39 is 4.92 Å². The summed E-state index contributed by atoms with van der Waals surface area (Å²) in [7, 11) is 2.10. The zero-order chi connectivity index (χ0) is 23.8. The normalized spacial score (nSPS) is 17.8. The largest absolute Gasteiger partial charge is 0.508 e. The number of hydrogen-bond acceptors (Lipinski definition) is 9. The third kappa shape index (κ3) is 4.06. The Morgan fingerprint density at radius 2 is 1.97 bits per heavy atom. The molecular formula is C23H24N6O5. The number of nitro groups is 1. The van der Waals surface area contributed by atoms with Crippen LogP contribution in [0.15, 0.2) is 46.5 Å². The Morgan fingerprint density at radius 3 is 2.74 bits per heavy atom. The second kappa shape index (κ2) is 8.76. The third-order valence-corrected chi connectivity index (χ3v) is 6.15. The molecule has 0 atom stereocenters. The van der Waals surface area contributed by atoms with Crippen molar-refractivity contribution in [3.63, 3.8) is 0 Å². The van der Waals surface area contributed by atoms with E-state index in [-0.39, 0.29) is 22.9 Å². The minimum absolute atomic E-state index is 0.0409. The van der Waals surface area contributed by atoms with E-state index in [0.717, 1.165) is 26.2 Å². The molecule has 11 nitrogen and oxygen atoms in total. The average molecular weight is 464 g/mol. The summed E-state index contributed by atoms with van der Waals surface area (Å²) in [5.41, 5.74) is 2.45. The van der Waals surface area contributed by atoms with Crippen LogP contribution in [0.1, 0.15) is 11.1 Å². The van der Waals surface area contributed by atoms with Gasteiger partial charge in [-0.2, -0.15) is 0 Å². The number of rotatable bonds is 6. The van der Waals surface area contributed by atoms with E-state index in [9.17, 15) is 20.3 Å². The molecule has 2 aliphatic rings. The summed E-state index contributed by atoms with van der Waals surface area (Å²) in [6.45, 7) is 5.01. The van der Waals surface area contributed by atoms with E-state index in [1.54, 1.807) is 6.07 Å². The number of phenolic OH excluding ortho intramolecular Hbond substituents is 1. The Balaban J connectivity index is 1.47. The molecule has 3 heterocycles. The third-order valence-electron chi connectivity index (χ3n) is 6.15. The highest BCUT2D eigenvalue weighted by Crippen LogP contribution is 2.38. The second-order valence-corrected chi connectivity index (χ2v) is 8.42. The van der Waals surface area contributed by atoms with Crippen molar-refractivity contribution in [1.29, 1.82) is 0 Å². The summed E-state index contributed by atoms with van der Waals surface area (Å²) < 4.78 is 0. The van der Waals surface area contributed by atoms with Gasteiger partial charge >= 0.3 is 0 Å². The number of nitro benzene ring substituents is 1. The molecule has 1 saturated heterocycles. The molecule has 0 spiro atoms. The Hall–Kier alpha value is -3.96. The van der Waals surface area contributed by atoms with Crippen LogP contribution in [0.2, 0.25) is 0 Å². The van der Waals surface area contributed by atoms with Gasteiger partial charge in [0.05, 0.1) is 16.2 Å². The lowest BCUT2D eigenvalue weighted by Crippen LogP contribution is -2.45. The standard InChI is InChI=1S/C23H24N6O5/c1-27-6-8-28(9-7-27)10-11-34-26-21-17-13-15(30)3-5-19(17)24-22(21)20-16-12-14(29(32)33)2-4-18(16)25-23(20)31/h2-5,12-13,25,30-31H,6-11H2,1H3/b26-21+. The van der Waals surface area contributed by atoms with E-state index in [1.165, 1.54) is 30.3 Å². The number of aromatic hydroxyl groups is 2. The molecule has 34 heavy (non-hydrogen) atoms. The molecule has 2 aliphatic heterocycles. The fraction of sp³-hybridized carbons (Fsp3) is 0.304. The lowest BCUT2D eigenvalue weighted by molar-refractivity contribution is -0.384. The monoisotopic (exact) mass is 464 g/mol. The van der Waals surface area contributed by atoms with Crippen LogP contribution < -0.4 is 0 Å². The number of nitrogens with one attached hydrogen (secondary N) is 1. The van der Waals surface area contributed by atoms with Crippen LogP contribution >= 0.6 is 0 Å². The van der Waals surface area contributed by atoms with Gasteiger partial charge in [0, 0.05) is 61.3 Å². The van der Waals surface area contributed by atoms with Gasteiger partial charge in [-0.15, -0.1) is 0 Å². The minimum Gasteiger partial charge on any atom is -0.508 e. The SMILES string of the molecule is CN1CCN(CCO/N=C2/C(c3c(O)[nH]c4ccc([N+](=O)[O-])cc34)=Nc3ccc(O)cc32)CC1. The zero-order valence-corrected chi connectivity index (χ0v) is 18.6. The number of benzene rings is 2. The van der Waals surface area contributed by atoms with Crippen molar-refractivity contribution < 1.29 is 20.0 Å². The van der Waals surface area contributed by atoms with Crippen LogP contribution in [0.5, 0.6) is 11.6 Å². The first-order valence-electron chi connectivity index (χ1n) is 10.9. The molecule has 11 heteroatoms. The van der Waals surface area contributed by atoms with Crippen LogP contribution in [-0.4, -0.2) is 87.7 Å². The fourth-order valence-corrected chi connectivity index (χ4v) is 4.25. The van der Waals surface area contributed by atoms with Crippen LogP contribution in [-0.2, 0) is 4.84 Å². The van der Waals surface area contributed by atoms with Crippen LogP contribution in [0.25, 0.3) is 10.9 Å². The summed E-state index contributed by atoms with van der Waals surface area (Å²) in [5, 5.41) is 36.8. The van der Waals surface area contributed by atoms with Crippen LogP contribution in [0, 0.1) is 10.1 Å². The number of non-ortho nitro benzene ring substituents is 1. The van der Waals surface area contributed by atoms with Crippen molar-refractivity contribution in [2.45, 2.75) is 0 Å². The smallest absolute Gasteiger partial charge is 0.270 e. The van der Waals surface area contributed by atoms with E-state index in [0.29, 0.717) is 46.7 Å². The first-order valence-corrected chi connectivity index (χ1v) is 10.9. The Morgan fingerprint density at radius 1 is 1.18 bits per heavy atom. The molecule has 0 bridgehead atoms. The zero-order valence-electron chi connectivity index (χ0n) is 18.6. The summed E-state index contributed by atoms with van der Waals surface area (Å²) in [4.78, 5) is 28.5. The van der Waals surface area contributed by atoms with E-state index in [2.05, 4.69) is 32.0 Å². The Labute approximate surface area is 194 Å².